The fourth-order valence-corrected chi connectivity index (χ4v) is 2.78. The van der Waals surface area contributed by atoms with E-state index in [-0.39, 0.29) is 33.9 Å². The van der Waals surface area contributed by atoms with E-state index in [4.69, 9.17) is 9.47 Å². The normalized spacial score (nSPS) is 10.2. The Balaban J connectivity index is 1.55. The third kappa shape index (κ3) is 6.38. The molecule has 36 heavy (non-hydrogen) atoms. The number of rotatable bonds is 10. The fraction of sp³-hybridized carbons (Fsp3) is 0.0870. The van der Waals surface area contributed by atoms with Crippen molar-refractivity contribution in [2.45, 2.75) is 0 Å². The molecular weight excluding hydrogens is 478 g/mol. The number of carbonyl (C=O) groups excluding carboxylic acids is 4. The van der Waals surface area contributed by atoms with Crippen molar-refractivity contribution in [2.75, 3.05) is 13.2 Å². The van der Waals surface area contributed by atoms with Crippen LogP contribution in [0.25, 0.3) is 0 Å². The Morgan fingerprint density at radius 3 is 1.33 bits per heavy atom. The van der Waals surface area contributed by atoms with Crippen molar-refractivity contribution in [2.24, 2.45) is 0 Å². The molecule has 1 heterocycles. The molecule has 2 aromatic carbocycles. The van der Waals surface area contributed by atoms with Gasteiger partial charge in [-0.1, -0.05) is 6.07 Å². The SMILES string of the molecule is O=C(COC(=O)c1cccc(C(=O)OCC(=O)c2ccc([N+](=O)[O-])cc2)n1)c1ccc([N+](=O)[O-])cc1. The Bertz CT molecular complexity index is 1250. The van der Waals surface area contributed by atoms with Crippen LogP contribution in [0.2, 0.25) is 0 Å². The maximum absolute atomic E-state index is 12.2. The van der Waals surface area contributed by atoms with Gasteiger partial charge in [0.1, 0.15) is 11.4 Å². The van der Waals surface area contributed by atoms with Gasteiger partial charge in [0.25, 0.3) is 11.4 Å². The predicted octanol–water partition coefficient (Wildman–Crippen LogP) is 2.98. The molecule has 0 atom stereocenters. The highest BCUT2D eigenvalue weighted by Gasteiger charge is 2.18. The zero-order valence-electron chi connectivity index (χ0n) is 18.2. The minimum absolute atomic E-state index is 0.0939. The van der Waals surface area contributed by atoms with Gasteiger partial charge in [-0.25, -0.2) is 14.6 Å². The quantitative estimate of drug-likeness (QED) is 0.175. The average molecular weight is 493 g/mol. The number of aromatic nitrogens is 1. The van der Waals surface area contributed by atoms with Crippen LogP contribution in [0.3, 0.4) is 0 Å². The zero-order valence-corrected chi connectivity index (χ0v) is 18.2. The van der Waals surface area contributed by atoms with Gasteiger partial charge < -0.3 is 9.47 Å². The van der Waals surface area contributed by atoms with Crippen LogP contribution in [0.15, 0.2) is 66.7 Å². The smallest absolute Gasteiger partial charge is 0.357 e. The maximum atomic E-state index is 12.2. The summed E-state index contributed by atoms with van der Waals surface area (Å²) < 4.78 is 9.80. The third-order valence-electron chi connectivity index (χ3n) is 4.64. The number of benzene rings is 2. The number of Topliss-reactive ketones (excluding diaryl/α,β-unsaturated/α-hetero) is 2. The minimum Gasteiger partial charge on any atom is -0.453 e. The van der Waals surface area contributed by atoms with Crippen molar-refractivity contribution in [1.82, 2.24) is 4.98 Å². The van der Waals surface area contributed by atoms with E-state index in [1.54, 1.807) is 0 Å². The lowest BCUT2D eigenvalue weighted by Gasteiger charge is -2.06. The van der Waals surface area contributed by atoms with Crippen molar-refractivity contribution in [3.63, 3.8) is 0 Å². The Morgan fingerprint density at radius 2 is 1.00 bits per heavy atom. The van der Waals surface area contributed by atoms with Crippen LogP contribution in [0.5, 0.6) is 0 Å². The first kappa shape index (κ1) is 25.3. The molecule has 13 nitrogen and oxygen atoms in total. The molecule has 0 fully saturated rings. The first-order valence-corrected chi connectivity index (χ1v) is 10.0. The molecule has 0 saturated heterocycles. The molecule has 0 aliphatic rings. The summed E-state index contributed by atoms with van der Waals surface area (Å²) in [7, 11) is 0. The first-order valence-electron chi connectivity index (χ1n) is 10.0. The number of nitro benzene ring substituents is 2. The number of nitro groups is 2. The van der Waals surface area contributed by atoms with E-state index >= 15 is 0 Å². The van der Waals surface area contributed by atoms with Gasteiger partial charge in [0.2, 0.25) is 0 Å². The number of pyridine rings is 1. The minimum atomic E-state index is -1.01. The van der Waals surface area contributed by atoms with E-state index in [0.717, 1.165) is 24.3 Å². The zero-order chi connectivity index (χ0) is 26.2. The fourth-order valence-electron chi connectivity index (χ4n) is 2.78. The van der Waals surface area contributed by atoms with Crippen LogP contribution >= 0.6 is 0 Å². The summed E-state index contributed by atoms with van der Waals surface area (Å²) in [5.74, 6) is -3.25. The number of ketones is 2. The highest BCUT2D eigenvalue weighted by Crippen LogP contribution is 2.14. The molecule has 0 aliphatic carbocycles. The molecule has 0 radical (unpaired) electrons. The van der Waals surface area contributed by atoms with Crippen LogP contribution in [0, 0.1) is 20.2 Å². The van der Waals surface area contributed by atoms with Gasteiger partial charge in [0.15, 0.2) is 24.8 Å². The summed E-state index contributed by atoms with van der Waals surface area (Å²) >= 11 is 0. The molecule has 3 aromatic rings. The van der Waals surface area contributed by atoms with Gasteiger partial charge in [-0.15, -0.1) is 0 Å². The van der Waals surface area contributed by atoms with Gasteiger partial charge in [-0.05, 0) is 36.4 Å². The summed E-state index contributed by atoms with van der Waals surface area (Å²) in [4.78, 5) is 72.7. The second kappa shape index (κ2) is 11.2. The molecule has 182 valence electrons. The summed E-state index contributed by atoms with van der Waals surface area (Å²) in [5.41, 5.74) is -0.824. The van der Waals surface area contributed by atoms with E-state index in [9.17, 15) is 39.4 Å². The highest BCUT2D eigenvalue weighted by atomic mass is 16.6. The molecule has 13 heteroatoms. The topological polar surface area (TPSA) is 186 Å². The number of nitrogens with zero attached hydrogens (tertiary/aromatic N) is 3. The number of ether oxygens (including phenoxy) is 2. The highest BCUT2D eigenvalue weighted by molar-refractivity contribution is 6.00. The van der Waals surface area contributed by atoms with Crippen LogP contribution in [0.1, 0.15) is 41.7 Å². The van der Waals surface area contributed by atoms with Gasteiger partial charge in [-0.2, -0.15) is 0 Å². The van der Waals surface area contributed by atoms with E-state index in [1.165, 1.54) is 42.5 Å². The molecule has 0 bridgehead atoms. The Morgan fingerprint density at radius 1 is 0.639 bits per heavy atom. The lowest BCUT2D eigenvalue weighted by atomic mass is 10.1. The lowest BCUT2D eigenvalue weighted by molar-refractivity contribution is -0.385. The van der Waals surface area contributed by atoms with E-state index in [0.29, 0.717) is 0 Å². The third-order valence-corrected chi connectivity index (χ3v) is 4.64. The van der Waals surface area contributed by atoms with Crippen molar-refractivity contribution in [3.05, 3.63) is 109 Å². The largest absolute Gasteiger partial charge is 0.453 e. The van der Waals surface area contributed by atoms with E-state index in [1.807, 2.05) is 0 Å². The number of non-ortho nitro benzene ring substituents is 2. The molecule has 0 N–H and O–H groups in total. The molecule has 0 aliphatic heterocycles. The van der Waals surface area contributed by atoms with Gasteiger partial charge in [-0.3, -0.25) is 29.8 Å². The molecule has 0 unspecified atom stereocenters. The summed E-state index contributed by atoms with van der Waals surface area (Å²) in [6.45, 7) is -1.34. The van der Waals surface area contributed by atoms with Crippen LogP contribution in [-0.4, -0.2) is 51.5 Å². The van der Waals surface area contributed by atoms with E-state index < -0.39 is 46.6 Å². The van der Waals surface area contributed by atoms with Crippen LogP contribution in [-0.2, 0) is 9.47 Å². The Kier molecular flexibility index (Phi) is 7.87. The molecule has 3 rings (SSSR count). The molecule has 1 aromatic heterocycles. The van der Waals surface area contributed by atoms with Gasteiger partial charge >= 0.3 is 11.9 Å². The van der Waals surface area contributed by atoms with Gasteiger partial charge in [0.05, 0.1) is 9.85 Å². The second-order valence-electron chi connectivity index (χ2n) is 7.01. The van der Waals surface area contributed by atoms with E-state index in [2.05, 4.69) is 4.98 Å². The molecule has 0 saturated carbocycles. The number of esters is 2. The van der Waals surface area contributed by atoms with Gasteiger partial charge in [0, 0.05) is 35.4 Å². The maximum Gasteiger partial charge on any atom is 0.357 e. The molecule has 0 spiro atoms. The average Bonchev–Trinajstić information content (AvgIpc) is 2.90. The monoisotopic (exact) mass is 493 g/mol. The molecular formula is C23H15N3O10. The van der Waals surface area contributed by atoms with Crippen molar-refractivity contribution in [3.8, 4) is 0 Å². The van der Waals surface area contributed by atoms with Crippen LogP contribution in [0.4, 0.5) is 11.4 Å². The predicted molar refractivity (Wildman–Crippen MR) is 120 cm³/mol. The second-order valence-corrected chi connectivity index (χ2v) is 7.01. The standard InChI is InChI=1S/C23H15N3O10/c27-20(14-4-8-16(9-5-14)25(31)32)12-35-22(29)18-2-1-3-19(24-18)23(30)36-13-21(28)15-6-10-17(11-7-15)26(33)34/h1-11H,12-13H2. The number of carbonyl (C=O) groups is 4. The lowest BCUT2D eigenvalue weighted by Crippen LogP contribution is -2.18. The summed E-state index contributed by atoms with van der Waals surface area (Å²) in [5, 5.41) is 21.3. The number of hydrogen-bond acceptors (Lipinski definition) is 11. The number of hydrogen-bond donors (Lipinski definition) is 0. The van der Waals surface area contributed by atoms with Crippen molar-refractivity contribution >= 4 is 34.9 Å². The first-order chi connectivity index (χ1) is 17.2. The van der Waals surface area contributed by atoms with Crippen molar-refractivity contribution < 1.29 is 38.5 Å². The Hall–Kier alpha value is -5.33. The van der Waals surface area contributed by atoms with Crippen molar-refractivity contribution in [1.29, 1.82) is 0 Å². The molecule has 0 amide bonds. The summed E-state index contributed by atoms with van der Waals surface area (Å²) in [6, 6.07) is 13.2. The van der Waals surface area contributed by atoms with Crippen LogP contribution < -0.4 is 0 Å². The summed E-state index contributed by atoms with van der Waals surface area (Å²) in [6.07, 6.45) is 0. The Labute approximate surface area is 201 Å².